The summed E-state index contributed by atoms with van der Waals surface area (Å²) in [5, 5.41) is 1.47. The molecule has 0 radical (unpaired) electrons. The van der Waals surface area contributed by atoms with Crippen molar-refractivity contribution in [1.29, 1.82) is 0 Å². The summed E-state index contributed by atoms with van der Waals surface area (Å²) >= 11 is 0. The number of anilines is 1. The summed E-state index contributed by atoms with van der Waals surface area (Å²) in [6, 6.07) is 9.33. The summed E-state index contributed by atoms with van der Waals surface area (Å²) in [5.41, 5.74) is 7.94. The predicted molar refractivity (Wildman–Crippen MR) is 124 cm³/mol. The van der Waals surface area contributed by atoms with Crippen molar-refractivity contribution in [2.24, 2.45) is 7.05 Å². The van der Waals surface area contributed by atoms with E-state index in [9.17, 15) is 22.4 Å². The summed E-state index contributed by atoms with van der Waals surface area (Å²) < 4.78 is 56.0. The molecule has 0 bridgehead atoms. The summed E-state index contributed by atoms with van der Waals surface area (Å²) in [6.45, 7) is 1.77. The van der Waals surface area contributed by atoms with Crippen LogP contribution in [0.3, 0.4) is 0 Å². The normalized spacial score (nSPS) is 12.1. The Bertz CT molecular complexity index is 1630. The lowest BCUT2D eigenvalue weighted by Crippen LogP contribution is -2.13. The average molecular weight is 481 g/mol. The van der Waals surface area contributed by atoms with Crippen molar-refractivity contribution in [3.63, 3.8) is 0 Å². The molecule has 0 aliphatic heterocycles. The highest BCUT2D eigenvalue weighted by atomic mass is 19.4. The molecule has 0 saturated carbocycles. The minimum atomic E-state index is -4.70. The third-order valence-corrected chi connectivity index (χ3v) is 5.87. The molecule has 35 heavy (non-hydrogen) atoms. The van der Waals surface area contributed by atoms with Gasteiger partial charge in [0.1, 0.15) is 23.1 Å². The van der Waals surface area contributed by atoms with E-state index in [2.05, 4.69) is 9.97 Å². The Balaban J connectivity index is 1.50. The minimum absolute atomic E-state index is 0.0534. The van der Waals surface area contributed by atoms with Crippen molar-refractivity contribution in [2.45, 2.75) is 19.5 Å². The largest absolute Gasteiger partial charge is 0.416 e. The molecule has 0 aliphatic carbocycles. The van der Waals surface area contributed by atoms with E-state index in [1.807, 2.05) is 29.9 Å². The van der Waals surface area contributed by atoms with Crippen molar-refractivity contribution in [2.75, 3.05) is 5.73 Å². The van der Waals surface area contributed by atoms with Crippen LogP contribution in [0.4, 0.5) is 23.4 Å². The van der Waals surface area contributed by atoms with Crippen molar-refractivity contribution < 1.29 is 22.4 Å². The van der Waals surface area contributed by atoms with Crippen LogP contribution in [0.1, 0.15) is 21.7 Å². The Labute approximate surface area is 196 Å². The van der Waals surface area contributed by atoms with Gasteiger partial charge in [-0.2, -0.15) is 13.2 Å². The van der Waals surface area contributed by atoms with Crippen LogP contribution in [0.15, 0.2) is 54.9 Å². The van der Waals surface area contributed by atoms with Gasteiger partial charge in [0, 0.05) is 30.4 Å². The highest BCUT2D eigenvalue weighted by Gasteiger charge is 2.31. The molecule has 0 atom stereocenters. The van der Waals surface area contributed by atoms with E-state index in [4.69, 9.17) is 5.73 Å². The monoisotopic (exact) mass is 481 g/mol. The highest BCUT2D eigenvalue weighted by Crippen LogP contribution is 2.34. The van der Waals surface area contributed by atoms with Crippen LogP contribution < -0.4 is 5.73 Å². The van der Waals surface area contributed by atoms with Crippen LogP contribution in [0.25, 0.3) is 33.1 Å². The van der Waals surface area contributed by atoms with Gasteiger partial charge in [-0.3, -0.25) is 9.36 Å². The van der Waals surface area contributed by atoms with E-state index in [0.717, 1.165) is 34.0 Å². The molecule has 0 saturated heterocycles. The van der Waals surface area contributed by atoms with Gasteiger partial charge in [-0.15, -0.1) is 0 Å². The lowest BCUT2D eigenvalue weighted by atomic mass is 10.0. The van der Waals surface area contributed by atoms with Gasteiger partial charge >= 0.3 is 6.18 Å². The quantitative estimate of drug-likeness (QED) is 0.344. The van der Waals surface area contributed by atoms with Gasteiger partial charge in [0.05, 0.1) is 22.9 Å². The van der Waals surface area contributed by atoms with Gasteiger partial charge in [0.15, 0.2) is 0 Å². The molecule has 0 amide bonds. The maximum absolute atomic E-state index is 13.7. The van der Waals surface area contributed by atoms with E-state index < -0.39 is 23.5 Å². The Kier molecular flexibility index (Phi) is 5.12. The number of nitrogens with two attached hydrogens (primary N) is 1. The number of benzene rings is 2. The first kappa shape index (κ1) is 22.6. The first-order chi connectivity index (χ1) is 16.5. The van der Waals surface area contributed by atoms with Gasteiger partial charge in [-0.25, -0.2) is 14.4 Å². The SMILES string of the molecule is Cc1nc(N)c2c(-c3ccc4c(ccn4C(=O)Cc4cc(F)cc(C(F)(F)F)c4)c3)cn(C)c2n1. The van der Waals surface area contributed by atoms with Crippen molar-refractivity contribution >= 4 is 33.7 Å². The molecule has 3 heterocycles. The fourth-order valence-electron chi connectivity index (χ4n) is 4.33. The number of rotatable bonds is 3. The second-order valence-corrected chi connectivity index (χ2v) is 8.38. The first-order valence-corrected chi connectivity index (χ1v) is 10.6. The van der Waals surface area contributed by atoms with Crippen molar-refractivity contribution in [3.8, 4) is 11.1 Å². The van der Waals surface area contributed by atoms with E-state index >= 15 is 0 Å². The molecule has 0 spiro atoms. The van der Waals surface area contributed by atoms with E-state index in [-0.39, 0.29) is 12.0 Å². The van der Waals surface area contributed by atoms with Crippen LogP contribution in [0, 0.1) is 12.7 Å². The number of aryl methyl sites for hydroxylation is 2. The van der Waals surface area contributed by atoms with Crippen LogP contribution in [0.5, 0.6) is 0 Å². The fraction of sp³-hybridized carbons (Fsp3) is 0.160. The smallest absolute Gasteiger partial charge is 0.383 e. The topological polar surface area (TPSA) is 78.7 Å². The van der Waals surface area contributed by atoms with Crippen LogP contribution in [0.2, 0.25) is 0 Å². The number of hydrogen-bond acceptors (Lipinski definition) is 4. The Morgan fingerprint density at radius 1 is 1.09 bits per heavy atom. The van der Waals surface area contributed by atoms with Gasteiger partial charge < -0.3 is 10.3 Å². The Morgan fingerprint density at radius 2 is 1.86 bits per heavy atom. The molecule has 6 nitrogen and oxygen atoms in total. The van der Waals surface area contributed by atoms with Gasteiger partial charge in [0.25, 0.3) is 0 Å². The van der Waals surface area contributed by atoms with Gasteiger partial charge in [0.2, 0.25) is 5.91 Å². The molecule has 0 fully saturated rings. The molecule has 178 valence electrons. The van der Waals surface area contributed by atoms with E-state index in [1.165, 1.54) is 4.57 Å². The summed E-state index contributed by atoms with van der Waals surface area (Å²) in [5.74, 6) is -0.596. The van der Waals surface area contributed by atoms with Crippen molar-refractivity contribution in [3.05, 3.63) is 77.6 Å². The molecule has 0 aliphatic rings. The number of alkyl halides is 3. The number of nitrogens with zero attached hydrogens (tertiary/aromatic N) is 4. The first-order valence-electron chi connectivity index (χ1n) is 10.6. The zero-order valence-corrected chi connectivity index (χ0v) is 18.7. The van der Waals surface area contributed by atoms with Crippen molar-refractivity contribution in [1.82, 2.24) is 19.1 Å². The molecule has 5 rings (SSSR count). The van der Waals surface area contributed by atoms with Crippen LogP contribution in [-0.4, -0.2) is 25.0 Å². The number of aromatic nitrogens is 4. The fourth-order valence-corrected chi connectivity index (χ4v) is 4.33. The highest BCUT2D eigenvalue weighted by molar-refractivity contribution is 6.03. The Hall–Kier alpha value is -4.21. The number of hydrogen-bond donors (Lipinski definition) is 1. The number of carbonyl (C=O) groups is 1. The summed E-state index contributed by atoms with van der Waals surface area (Å²) in [7, 11) is 1.86. The van der Waals surface area contributed by atoms with Gasteiger partial charge in [-0.05, 0) is 54.4 Å². The summed E-state index contributed by atoms with van der Waals surface area (Å²) in [6.07, 6.45) is -1.64. The number of nitrogen functional groups attached to an aromatic ring is 1. The zero-order valence-electron chi connectivity index (χ0n) is 18.7. The second-order valence-electron chi connectivity index (χ2n) is 8.38. The number of fused-ring (bicyclic) bond motifs is 2. The van der Waals surface area contributed by atoms with E-state index in [0.29, 0.717) is 28.9 Å². The minimum Gasteiger partial charge on any atom is -0.383 e. The standard InChI is InChI=1S/C25H19F4N5O/c1-13-31-23(30)22-19(12-33(2)24(22)32-13)15-3-4-20-16(10-15)5-6-34(20)21(35)9-14-7-17(25(27,28)29)11-18(26)8-14/h3-8,10-12H,9H2,1-2H3,(H2,30,31,32). The second kappa shape index (κ2) is 7.93. The maximum atomic E-state index is 13.7. The van der Waals surface area contributed by atoms with Gasteiger partial charge in [-0.1, -0.05) is 6.07 Å². The molecular weight excluding hydrogens is 462 g/mol. The molecule has 3 aromatic heterocycles. The number of halogens is 4. The molecule has 0 unspecified atom stereocenters. The molecule has 2 aromatic carbocycles. The molecule has 2 N–H and O–H groups in total. The zero-order chi connectivity index (χ0) is 25.1. The molecular formula is C25H19F4N5O. The predicted octanol–water partition coefficient (Wildman–Crippen LogP) is 5.52. The van der Waals surface area contributed by atoms with E-state index in [1.54, 1.807) is 25.3 Å². The molecule has 10 heteroatoms. The Morgan fingerprint density at radius 3 is 2.60 bits per heavy atom. The lowest BCUT2D eigenvalue weighted by Gasteiger charge is -2.10. The average Bonchev–Trinajstić information content (AvgIpc) is 3.33. The lowest BCUT2D eigenvalue weighted by molar-refractivity contribution is -0.137. The maximum Gasteiger partial charge on any atom is 0.416 e. The third kappa shape index (κ3) is 4.01. The summed E-state index contributed by atoms with van der Waals surface area (Å²) in [4.78, 5) is 21.6. The van der Waals surface area contributed by atoms with Crippen LogP contribution in [-0.2, 0) is 19.6 Å². The molecule has 5 aromatic rings. The van der Waals surface area contributed by atoms with Crippen LogP contribution >= 0.6 is 0 Å². The third-order valence-electron chi connectivity index (χ3n) is 5.87. The number of carbonyl (C=O) groups excluding carboxylic acids is 1.